The topological polar surface area (TPSA) is 55.5 Å². The van der Waals surface area contributed by atoms with Crippen LogP contribution in [0.4, 0.5) is 18.2 Å². The minimum absolute atomic E-state index is 0.160. The van der Waals surface area contributed by atoms with Crippen LogP contribution >= 0.6 is 11.3 Å². The summed E-state index contributed by atoms with van der Waals surface area (Å²) in [6, 6.07) is 4.62. The Balaban J connectivity index is 2.57. The third-order valence-corrected chi connectivity index (χ3v) is 3.51. The molecule has 3 N–H and O–H groups in total. The molecule has 2 rings (SSSR count). The second kappa shape index (κ2) is 4.65. The molecule has 0 bridgehead atoms. The second-order valence-corrected chi connectivity index (χ2v) is 4.77. The van der Waals surface area contributed by atoms with E-state index in [4.69, 9.17) is 10.5 Å². The van der Waals surface area contributed by atoms with Gasteiger partial charge in [0.05, 0.1) is 18.2 Å². The van der Waals surface area contributed by atoms with Gasteiger partial charge in [-0.15, -0.1) is 0 Å². The highest BCUT2D eigenvalue weighted by atomic mass is 32.1. The fraction of sp³-hybridized carbons (Fsp3) is 0.167. The van der Waals surface area contributed by atoms with Crippen molar-refractivity contribution >= 4 is 16.3 Å². The molecule has 0 fully saturated rings. The van der Waals surface area contributed by atoms with Crippen LogP contribution in [0.25, 0.3) is 11.1 Å². The summed E-state index contributed by atoms with van der Waals surface area (Å²) in [5.41, 5.74) is 5.27. The van der Waals surface area contributed by atoms with Gasteiger partial charge in [0, 0.05) is 0 Å². The highest BCUT2D eigenvalue weighted by molar-refractivity contribution is 7.18. The van der Waals surface area contributed by atoms with Crippen molar-refractivity contribution in [2.24, 2.45) is 0 Å². The number of methoxy groups -OCH3 is 1. The van der Waals surface area contributed by atoms with Gasteiger partial charge in [-0.05, 0) is 17.7 Å². The monoisotopic (exact) mass is 289 g/mol. The molecule has 0 aliphatic carbocycles. The molecule has 0 aliphatic rings. The van der Waals surface area contributed by atoms with E-state index in [1.165, 1.54) is 19.2 Å². The Labute approximate surface area is 111 Å². The number of nitrogen functional groups attached to an aromatic ring is 1. The predicted molar refractivity (Wildman–Crippen MR) is 67.4 cm³/mol. The van der Waals surface area contributed by atoms with E-state index in [9.17, 15) is 18.3 Å². The van der Waals surface area contributed by atoms with Crippen molar-refractivity contribution in [1.82, 2.24) is 0 Å². The van der Waals surface area contributed by atoms with E-state index in [2.05, 4.69) is 0 Å². The van der Waals surface area contributed by atoms with Gasteiger partial charge in [-0.2, -0.15) is 13.2 Å². The summed E-state index contributed by atoms with van der Waals surface area (Å²) in [5, 5.41) is 10.3. The first kappa shape index (κ1) is 13.5. The number of halogens is 3. The number of ether oxygens (including phenoxy) is 1. The molecule has 0 amide bonds. The van der Waals surface area contributed by atoms with Crippen molar-refractivity contribution in [2.75, 3.05) is 12.8 Å². The fourth-order valence-electron chi connectivity index (χ4n) is 1.69. The lowest BCUT2D eigenvalue weighted by atomic mass is 10.0. The fourth-order valence-corrected chi connectivity index (χ4v) is 2.48. The van der Waals surface area contributed by atoms with E-state index >= 15 is 0 Å². The maximum absolute atomic E-state index is 12.6. The molecule has 102 valence electrons. The third-order valence-electron chi connectivity index (χ3n) is 2.54. The zero-order valence-electron chi connectivity index (χ0n) is 9.78. The van der Waals surface area contributed by atoms with Crippen molar-refractivity contribution in [1.29, 1.82) is 0 Å². The van der Waals surface area contributed by atoms with Crippen molar-refractivity contribution in [2.45, 2.75) is 6.18 Å². The zero-order valence-corrected chi connectivity index (χ0v) is 10.6. The number of benzene rings is 1. The number of nitrogens with two attached hydrogens (primary N) is 1. The second-order valence-electron chi connectivity index (χ2n) is 3.76. The summed E-state index contributed by atoms with van der Waals surface area (Å²) >= 11 is 0.973. The quantitative estimate of drug-likeness (QED) is 0.885. The number of alkyl halides is 3. The lowest BCUT2D eigenvalue weighted by Crippen LogP contribution is -2.04. The van der Waals surface area contributed by atoms with Crippen molar-refractivity contribution in [3.05, 3.63) is 29.8 Å². The van der Waals surface area contributed by atoms with Gasteiger partial charge in [0.2, 0.25) is 5.06 Å². The number of rotatable bonds is 2. The van der Waals surface area contributed by atoms with E-state index < -0.39 is 11.7 Å². The van der Waals surface area contributed by atoms with Gasteiger partial charge in [0.25, 0.3) is 0 Å². The minimum Gasteiger partial charge on any atom is -0.503 e. The van der Waals surface area contributed by atoms with E-state index in [1.54, 1.807) is 0 Å². The SMILES string of the molecule is COc1sc(N)c(-c2cccc(C(F)(F)F)c2)c1O. The van der Waals surface area contributed by atoms with Gasteiger partial charge >= 0.3 is 6.18 Å². The lowest BCUT2D eigenvalue weighted by molar-refractivity contribution is -0.137. The normalized spacial score (nSPS) is 11.6. The van der Waals surface area contributed by atoms with Crippen LogP contribution in [0, 0.1) is 0 Å². The molecular formula is C12H10F3NO2S. The molecule has 0 saturated carbocycles. The lowest BCUT2D eigenvalue weighted by Gasteiger charge is -2.08. The van der Waals surface area contributed by atoms with Crippen LogP contribution in [0.1, 0.15) is 5.56 Å². The summed E-state index contributed by atoms with van der Waals surface area (Å²) in [6.45, 7) is 0. The molecular weight excluding hydrogens is 279 g/mol. The predicted octanol–water partition coefficient (Wildman–Crippen LogP) is 3.73. The summed E-state index contributed by atoms with van der Waals surface area (Å²) in [5.74, 6) is -0.246. The molecule has 2 aromatic rings. The number of thiophene rings is 1. The van der Waals surface area contributed by atoms with Crippen LogP contribution in [-0.2, 0) is 6.18 Å². The molecule has 7 heteroatoms. The summed E-state index contributed by atoms with van der Waals surface area (Å²) in [7, 11) is 1.35. The minimum atomic E-state index is -4.44. The van der Waals surface area contributed by atoms with Crippen LogP contribution in [0.5, 0.6) is 10.8 Å². The number of hydrogen-bond donors (Lipinski definition) is 2. The number of hydrogen-bond acceptors (Lipinski definition) is 4. The van der Waals surface area contributed by atoms with E-state index in [0.717, 1.165) is 23.5 Å². The standard InChI is InChI=1S/C12H10F3NO2S/c1-18-11-9(17)8(10(16)19-11)6-3-2-4-7(5-6)12(13,14)15/h2-5,17H,16H2,1H3. The molecule has 1 aromatic carbocycles. The molecule has 1 aromatic heterocycles. The van der Waals surface area contributed by atoms with Gasteiger partial charge < -0.3 is 15.6 Å². The van der Waals surface area contributed by atoms with Gasteiger partial charge in [-0.25, -0.2) is 0 Å². The van der Waals surface area contributed by atoms with Crippen LogP contribution in [-0.4, -0.2) is 12.2 Å². The Morgan fingerprint density at radius 2 is 2.00 bits per heavy atom. The molecule has 1 heterocycles. The molecule has 0 radical (unpaired) electrons. The van der Waals surface area contributed by atoms with Crippen molar-refractivity contribution in [3.8, 4) is 21.9 Å². The van der Waals surface area contributed by atoms with Crippen molar-refractivity contribution in [3.63, 3.8) is 0 Å². The summed E-state index contributed by atoms with van der Waals surface area (Å²) in [6.07, 6.45) is -4.44. The third kappa shape index (κ3) is 2.46. The number of anilines is 1. The molecule has 0 atom stereocenters. The summed E-state index contributed by atoms with van der Waals surface area (Å²) < 4.78 is 42.8. The Hall–Kier alpha value is -1.89. The van der Waals surface area contributed by atoms with Gasteiger partial charge in [-0.1, -0.05) is 23.5 Å². The maximum atomic E-state index is 12.6. The highest BCUT2D eigenvalue weighted by Crippen LogP contribution is 2.49. The highest BCUT2D eigenvalue weighted by Gasteiger charge is 2.31. The van der Waals surface area contributed by atoms with Crippen LogP contribution in [0.15, 0.2) is 24.3 Å². The molecule has 19 heavy (non-hydrogen) atoms. The average molecular weight is 289 g/mol. The van der Waals surface area contributed by atoms with Crippen LogP contribution < -0.4 is 10.5 Å². The Morgan fingerprint density at radius 1 is 1.32 bits per heavy atom. The maximum Gasteiger partial charge on any atom is 0.416 e. The van der Waals surface area contributed by atoms with E-state index in [1.807, 2.05) is 0 Å². The van der Waals surface area contributed by atoms with Crippen molar-refractivity contribution < 1.29 is 23.0 Å². The Morgan fingerprint density at radius 3 is 2.53 bits per heavy atom. The first-order valence-corrected chi connectivity index (χ1v) is 5.99. The largest absolute Gasteiger partial charge is 0.503 e. The Kier molecular flexibility index (Phi) is 3.32. The number of aromatic hydroxyl groups is 1. The molecule has 0 unspecified atom stereocenters. The molecule has 0 aliphatic heterocycles. The first-order chi connectivity index (χ1) is 8.84. The van der Waals surface area contributed by atoms with Crippen LogP contribution in [0.2, 0.25) is 0 Å². The van der Waals surface area contributed by atoms with E-state index in [-0.39, 0.29) is 26.9 Å². The molecule has 3 nitrogen and oxygen atoms in total. The smallest absolute Gasteiger partial charge is 0.416 e. The van der Waals surface area contributed by atoms with Gasteiger partial charge in [0.1, 0.15) is 5.00 Å². The zero-order chi connectivity index (χ0) is 14.2. The van der Waals surface area contributed by atoms with Gasteiger partial charge in [0.15, 0.2) is 5.75 Å². The molecule has 0 saturated heterocycles. The Bertz CT molecular complexity index is 608. The average Bonchev–Trinajstić information content (AvgIpc) is 2.63. The van der Waals surface area contributed by atoms with E-state index in [0.29, 0.717) is 0 Å². The molecule has 0 spiro atoms. The summed E-state index contributed by atoms with van der Waals surface area (Å²) in [4.78, 5) is 0. The first-order valence-electron chi connectivity index (χ1n) is 5.17. The van der Waals surface area contributed by atoms with Gasteiger partial charge in [-0.3, -0.25) is 0 Å². The van der Waals surface area contributed by atoms with Crippen LogP contribution in [0.3, 0.4) is 0 Å².